The van der Waals surface area contributed by atoms with Crippen molar-refractivity contribution in [1.29, 1.82) is 0 Å². The van der Waals surface area contributed by atoms with Crippen LogP contribution in [0.2, 0.25) is 0 Å². The Labute approximate surface area is 193 Å². The first kappa shape index (κ1) is 23.6. The SMILES string of the molecule is CCN1CCCN(S(=O)(=O)c2cccc3c2/C(=C/c2nc(S(C)(=O)=O)c(C)[nH]2)C(=O)N3)CC1. The maximum Gasteiger partial charge on any atom is 0.256 e. The number of sulfonamides is 1. The molecule has 12 heteroatoms. The molecule has 1 amide bonds. The molecular weight excluding hydrogens is 466 g/mol. The Hall–Kier alpha value is -2.54. The van der Waals surface area contributed by atoms with Crippen molar-refractivity contribution in [2.45, 2.75) is 30.2 Å². The zero-order valence-corrected chi connectivity index (χ0v) is 20.4. The number of anilines is 1. The van der Waals surface area contributed by atoms with E-state index >= 15 is 0 Å². The van der Waals surface area contributed by atoms with Gasteiger partial charge in [-0.15, -0.1) is 0 Å². The zero-order chi connectivity index (χ0) is 24.0. The van der Waals surface area contributed by atoms with Crippen LogP contribution in [0.3, 0.4) is 0 Å². The molecule has 2 aliphatic rings. The van der Waals surface area contributed by atoms with Crippen LogP contribution in [-0.2, 0) is 24.7 Å². The van der Waals surface area contributed by atoms with Crippen LogP contribution in [0.4, 0.5) is 5.69 Å². The van der Waals surface area contributed by atoms with E-state index < -0.39 is 25.8 Å². The first-order valence-corrected chi connectivity index (χ1v) is 14.0. The molecule has 2 aromatic rings. The van der Waals surface area contributed by atoms with Crippen molar-refractivity contribution in [3.05, 3.63) is 35.3 Å². The highest BCUT2D eigenvalue weighted by atomic mass is 32.2. The van der Waals surface area contributed by atoms with Crippen molar-refractivity contribution in [2.24, 2.45) is 0 Å². The molecule has 0 aliphatic carbocycles. The molecule has 1 saturated heterocycles. The number of carbonyl (C=O) groups is 1. The maximum absolute atomic E-state index is 13.6. The minimum Gasteiger partial charge on any atom is -0.341 e. The topological polar surface area (TPSA) is 133 Å². The molecule has 2 aliphatic heterocycles. The zero-order valence-electron chi connectivity index (χ0n) is 18.8. The van der Waals surface area contributed by atoms with Crippen molar-refractivity contribution in [3.63, 3.8) is 0 Å². The van der Waals surface area contributed by atoms with Crippen LogP contribution in [0, 0.1) is 6.92 Å². The van der Waals surface area contributed by atoms with Gasteiger partial charge in [0.1, 0.15) is 5.82 Å². The van der Waals surface area contributed by atoms with Gasteiger partial charge in [0.2, 0.25) is 10.0 Å². The van der Waals surface area contributed by atoms with E-state index in [1.54, 1.807) is 19.1 Å². The number of aryl methyl sites for hydroxylation is 1. The minimum absolute atomic E-state index is 0.0427. The average Bonchev–Trinajstić information content (AvgIpc) is 3.15. The lowest BCUT2D eigenvalue weighted by Crippen LogP contribution is -2.35. The molecule has 3 heterocycles. The predicted molar refractivity (Wildman–Crippen MR) is 125 cm³/mol. The number of aromatic amines is 1. The lowest BCUT2D eigenvalue weighted by Gasteiger charge is -2.22. The fourth-order valence-electron chi connectivity index (χ4n) is 4.24. The number of sulfone groups is 1. The largest absolute Gasteiger partial charge is 0.341 e. The number of benzene rings is 1. The second-order valence-corrected chi connectivity index (χ2v) is 12.0. The summed E-state index contributed by atoms with van der Waals surface area (Å²) in [5.41, 5.74) is 1.12. The van der Waals surface area contributed by atoms with Gasteiger partial charge >= 0.3 is 0 Å². The molecule has 10 nitrogen and oxygen atoms in total. The monoisotopic (exact) mass is 493 g/mol. The van der Waals surface area contributed by atoms with E-state index in [-0.39, 0.29) is 26.9 Å². The van der Waals surface area contributed by atoms with Crippen LogP contribution in [-0.4, -0.2) is 80.9 Å². The number of rotatable bonds is 5. The number of hydrogen-bond donors (Lipinski definition) is 2. The van der Waals surface area contributed by atoms with Gasteiger partial charge in [0.25, 0.3) is 5.91 Å². The van der Waals surface area contributed by atoms with Crippen LogP contribution >= 0.6 is 0 Å². The summed E-state index contributed by atoms with van der Waals surface area (Å²) < 4.78 is 52.6. The third kappa shape index (κ3) is 4.47. The van der Waals surface area contributed by atoms with Crippen molar-refractivity contribution < 1.29 is 21.6 Å². The van der Waals surface area contributed by atoms with E-state index in [1.165, 1.54) is 16.4 Å². The summed E-state index contributed by atoms with van der Waals surface area (Å²) in [5.74, 6) is -0.317. The lowest BCUT2D eigenvalue weighted by atomic mass is 10.1. The number of hydrogen-bond acceptors (Lipinski definition) is 7. The summed E-state index contributed by atoms with van der Waals surface area (Å²) in [6, 6.07) is 4.74. The van der Waals surface area contributed by atoms with Gasteiger partial charge in [0.15, 0.2) is 14.9 Å². The Balaban J connectivity index is 1.78. The Morgan fingerprint density at radius 3 is 2.55 bits per heavy atom. The normalized spacial score (nSPS) is 19.5. The Morgan fingerprint density at radius 2 is 1.88 bits per heavy atom. The number of aromatic nitrogens is 2. The van der Waals surface area contributed by atoms with E-state index in [1.807, 2.05) is 6.92 Å². The molecule has 4 rings (SSSR count). The molecule has 33 heavy (non-hydrogen) atoms. The number of imidazole rings is 1. The number of amides is 1. The first-order chi connectivity index (χ1) is 15.5. The second kappa shape index (κ2) is 8.67. The van der Waals surface area contributed by atoms with Crippen molar-refractivity contribution in [1.82, 2.24) is 19.2 Å². The third-order valence-corrected chi connectivity index (χ3v) is 8.93. The molecule has 0 saturated carbocycles. The Kier molecular flexibility index (Phi) is 6.20. The average molecular weight is 494 g/mol. The van der Waals surface area contributed by atoms with Crippen LogP contribution < -0.4 is 5.32 Å². The van der Waals surface area contributed by atoms with Crippen LogP contribution in [0.5, 0.6) is 0 Å². The van der Waals surface area contributed by atoms with Gasteiger partial charge in [0, 0.05) is 31.5 Å². The van der Waals surface area contributed by atoms with Crippen molar-refractivity contribution >= 4 is 43.1 Å². The molecule has 0 unspecified atom stereocenters. The van der Waals surface area contributed by atoms with Gasteiger partial charge in [-0.3, -0.25) is 4.79 Å². The number of likely N-dealkylation sites (N-methyl/N-ethyl adjacent to an activating group) is 1. The number of fused-ring (bicyclic) bond motifs is 1. The quantitative estimate of drug-likeness (QED) is 0.601. The molecule has 0 atom stereocenters. The van der Waals surface area contributed by atoms with Gasteiger partial charge in [-0.2, -0.15) is 4.31 Å². The molecule has 0 radical (unpaired) electrons. The van der Waals surface area contributed by atoms with Crippen molar-refractivity contribution in [2.75, 3.05) is 44.3 Å². The predicted octanol–water partition coefficient (Wildman–Crippen LogP) is 1.33. The summed E-state index contributed by atoms with van der Waals surface area (Å²) in [6.07, 6.45) is 3.17. The second-order valence-electron chi connectivity index (χ2n) is 8.21. The number of nitrogens with zero attached hydrogens (tertiary/aromatic N) is 3. The molecular formula is C21H27N5O5S2. The van der Waals surface area contributed by atoms with Gasteiger partial charge in [-0.05, 0) is 44.6 Å². The molecule has 0 spiro atoms. The van der Waals surface area contributed by atoms with Gasteiger partial charge < -0.3 is 15.2 Å². The highest BCUT2D eigenvalue weighted by molar-refractivity contribution is 7.90. The van der Waals surface area contributed by atoms with E-state index in [0.29, 0.717) is 31.0 Å². The highest BCUT2D eigenvalue weighted by Crippen LogP contribution is 2.39. The van der Waals surface area contributed by atoms with E-state index in [9.17, 15) is 21.6 Å². The van der Waals surface area contributed by atoms with Crippen LogP contribution in [0.1, 0.15) is 30.4 Å². The molecule has 0 bridgehead atoms. The minimum atomic E-state index is -3.87. The molecule has 1 aromatic heterocycles. The molecule has 178 valence electrons. The number of nitrogens with one attached hydrogen (secondary N) is 2. The highest BCUT2D eigenvalue weighted by Gasteiger charge is 2.35. The third-order valence-electron chi connectivity index (χ3n) is 5.89. The molecule has 1 aromatic carbocycles. The van der Waals surface area contributed by atoms with E-state index in [0.717, 1.165) is 25.8 Å². The summed E-state index contributed by atoms with van der Waals surface area (Å²) in [6.45, 7) is 6.73. The lowest BCUT2D eigenvalue weighted by molar-refractivity contribution is -0.110. The van der Waals surface area contributed by atoms with Crippen LogP contribution in [0.15, 0.2) is 28.1 Å². The number of H-pyrrole nitrogens is 1. The Bertz CT molecular complexity index is 1350. The summed E-state index contributed by atoms with van der Waals surface area (Å²) >= 11 is 0. The van der Waals surface area contributed by atoms with Gasteiger partial charge in [-0.1, -0.05) is 13.0 Å². The maximum atomic E-state index is 13.6. The molecule has 2 N–H and O–H groups in total. The summed E-state index contributed by atoms with van der Waals surface area (Å²) in [4.78, 5) is 22.0. The summed E-state index contributed by atoms with van der Waals surface area (Å²) in [5, 5.41) is 2.59. The van der Waals surface area contributed by atoms with Gasteiger partial charge in [0.05, 0.1) is 21.8 Å². The fraction of sp³-hybridized carbons (Fsp3) is 0.429. The number of carbonyl (C=O) groups excluding carboxylic acids is 1. The standard InChI is InChI=1S/C21H27N5O5S2/c1-4-25-9-6-10-26(12-11-25)33(30,31)17-8-5-7-16-19(17)15(20(27)23-16)13-18-22-14(2)21(24-18)32(3,28)29/h5,7-8,13H,4,6,9-12H2,1-3H3,(H,22,24)(H,23,27)/b15-13-. The first-order valence-electron chi connectivity index (χ1n) is 10.7. The van der Waals surface area contributed by atoms with Crippen LogP contribution in [0.25, 0.3) is 11.6 Å². The molecule has 1 fully saturated rings. The van der Waals surface area contributed by atoms with E-state index in [4.69, 9.17) is 0 Å². The summed E-state index contributed by atoms with van der Waals surface area (Å²) in [7, 11) is -7.43. The van der Waals surface area contributed by atoms with Gasteiger partial charge in [-0.25, -0.2) is 21.8 Å². The smallest absolute Gasteiger partial charge is 0.256 e. The Morgan fingerprint density at radius 1 is 1.12 bits per heavy atom. The van der Waals surface area contributed by atoms with Crippen molar-refractivity contribution in [3.8, 4) is 0 Å². The fourth-order valence-corrected chi connectivity index (χ4v) is 6.81. The van der Waals surface area contributed by atoms with E-state index in [2.05, 4.69) is 20.2 Å².